The average molecular weight is 289 g/mol. The normalized spacial score (nSPS) is 10.6. The van der Waals surface area contributed by atoms with Crippen molar-refractivity contribution in [2.45, 2.75) is 6.92 Å². The first-order valence-corrected chi connectivity index (χ1v) is 5.94. The van der Waals surface area contributed by atoms with Crippen molar-refractivity contribution in [2.75, 3.05) is 0 Å². The van der Waals surface area contributed by atoms with Gasteiger partial charge in [-0.2, -0.15) is 0 Å². The lowest BCUT2D eigenvalue weighted by atomic mass is 10.1. The highest BCUT2D eigenvalue weighted by molar-refractivity contribution is 6.49. The van der Waals surface area contributed by atoms with E-state index < -0.39 is 0 Å². The highest BCUT2D eigenvalue weighted by Crippen LogP contribution is 2.39. The minimum Gasteiger partial charge on any atom is -0.506 e. The second kappa shape index (κ2) is 4.73. The highest BCUT2D eigenvalue weighted by atomic mass is 35.5. The Hall–Kier alpha value is -0.960. The monoisotopic (exact) mass is 287 g/mol. The predicted molar refractivity (Wildman–Crippen MR) is 71.1 cm³/mol. The number of benzene rings is 1. The molecule has 2 nitrogen and oxygen atoms in total. The maximum atomic E-state index is 9.78. The van der Waals surface area contributed by atoms with Crippen LogP contribution in [0.1, 0.15) is 5.69 Å². The molecular formula is C12H8Cl3NO. The molecule has 0 aliphatic carbocycles. The van der Waals surface area contributed by atoms with E-state index in [1.807, 2.05) is 6.92 Å². The van der Waals surface area contributed by atoms with Crippen LogP contribution in [0, 0.1) is 6.92 Å². The number of pyridine rings is 1. The molecule has 0 spiro atoms. The molecule has 0 saturated heterocycles. The van der Waals surface area contributed by atoms with Crippen LogP contribution in [0.2, 0.25) is 15.1 Å². The van der Waals surface area contributed by atoms with Gasteiger partial charge in [0.1, 0.15) is 11.4 Å². The van der Waals surface area contributed by atoms with E-state index >= 15 is 0 Å². The standard InChI is InChI=1S/C12H8Cl3NO/c1-6-2-5-9(17)12(16-6)7-3-4-8(13)11(15)10(7)14/h2-5,17H,1H3. The van der Waals surface area contributed by atoms with Crippen molar-refractivity contribution in [3.8, 4) is 17.0 Å². The molecule has 0 bridgehead atoms. The maximum absolute atomic E-state index is 9.78. The summed E-state index contributed by atoms with van der Waals surface area (Å²) in [7, 11) is 0. The van der Waals surface area contributed by atoms with Gasteiger partial charge in [0.25, 0.3) is 0 Å². The zero-order chi connectivity index (χ0) is 12.6. The van der Waals surface area contributed by atoms with E-state index in [0.29, 0.717) is 16.3 Å². The van der Waals surface area contributed by atoms with E-state index in [4.69, 9.17) is 34.8 Å². The van der Waals surface area contributed by atoms with Gasteiger partial charge in [-0.25, -0.2) is 4.98 Å². The number of aromatic nitrogens is 1. The molecule has 17 heavy (non-hydrogen) atoms. The number of rotatable bonds is 1. The summed E-state index contributed by atoms with van der Waals surface area (Å²) in [6.45, 7) is 1.83. The number of aromatic hydroxyl groups is 1. The van der Waals surface area contributed by atoms with Gasteiger partial charge in [0.05, 0.1) is 15.1 Å². The first-order valence-electron chi connectivity index (χ1n) is 4.81. The van der Waals surface area contributed by atoms with Crippen molar-refractivity contribution in [3.05, 3.63) is 45.0 Å². The molecule has 1 aromatic carbocycles. The molecule has 2 rings (SSSR count). The van der Waals surface area contributed by atoms with E-state index in [1.165, 1.54) is 0 Å². The van der Waals surface area contributed by atoms with Crippen LogP contribution < -0.4 is 0 Å². The Bertz CT molecular complexity index is 584. The second-order valence-corrected chi connectivity index (χ2v) is 4.71. The highest BCUT2D eigenvalue weighted by Gasteiger charge is 2.14. The van der Waals surface area contributed by atoms with Crippen molar-refractivity contribution >= 4 is 34.8 Å². The maximum Gasteiger partial charge on any atom is 0.141 e. The summed E-state index contributed by atoms with van der Waals surface area (Å²) in [4.78, 5) is 4.24. The molecule has 2 aromatic rings. The average Bonchev–Trinajstić information content (AvgIpc) is 2.30. The molecule has 88 valence electrons. The molecule has 0 aliphatic rings. The fraction of sp³-hybridized carbons (Fsp3) is 0.0833. The summed E-state index contributed by atoms with van der Waals surface area (Å²) in [5.74, 6) is 0.0517. The molecule has 0 aliphatic heterocycles. The van der Waals surface area contributed by atoms with Gasteiger partial charge in [0, 0.05) is 11.3 Å². The number of nitrogens with zero attached hydrogens (tertiary/aromatic N) is 1. The molecular weight excluding hydrogens is 280 g/mol. The Kier molecular flexibility index (Phi) is 3.48. The predicted octanol–water partition coefficient (Wildman–Crippen LogP) is 4.72. The Morgan fingerprint density at radius 2 is 1.71 bits per heavy atom. The Labute approximate surface area is 114 Å². The van der Waals surface area contributed by atoms with Crippen molar-refractivity contribution in [2.24, 2.45) is 0 Å². The fourth-order valence-electron chi connectivity index (χ4n) is 1.46. The summed E-state index contributed by atoms with van der Waals surface area (Å²) in [6, 6.07) is 6.58. The van der Waals surface area contributed by atoms with Crippen LogP contribution in [0.3, 0.4) is 0 Å². The fourth-order valence-corrected chi connectivity index (χ4v) is 2.08. The van der Waals surface area contributed by atoms with Gasteiger partial charge in [0.2, 0.25) is 0 Å². The molecule has 1 aromatic heterocycles. The Morgan fingerprint density at radius 1 is 1.00 bits per heavy atom. The lowest BCUT2D eigenvalue weighted by Gasteiger charge is -2.09. The minimum atomic E-state index is 0.0517. The third-order valence-corrected chi connectivity index (χ3v) is 3.60. The summed E-state index contributed by atoms with van der Waals surface area (Å²) in [5.41, 5.74) is 1.73. The van der Waals surface area contributed by atoms with Crippen LogP contribution in [-0.4, -0.2) is 10.1 Å². The molecule has 0 amide bonds. The third kappa shape index (κ3) is 2.34. The van der Waals surface area contributed by atoms with Crippen LogP contribution in [0.5, 0.6) is 5.75 Å². The summed E-state index contributed by atoms with van der Waals surface area (Å²) in [6.07, 6.45) is 0. The van der Waals surface area contributed by atoms with Gasteiger partial charge in [-0.1, -0.05) is 34.8 Å². The van der Waals surface area contributed by atoms with Crippen molar-refractivity contribution in [1.82, 2.24) is 4.98 Å². The quantitative estimate of drug-likeness (QED) is 0.770. The largest absolute Gasteiger partial charge is 0.506 e. The molecule has 1 N–H and O–H groups in total. The van der Waals surface area contributed by atoms with Crippen molar-refractivity contribution in [1.29, 1.82) is 0 Å². The molecule has 0 unspecified atom stereocenters. The van der Waals surface area contributed by atoms with Gasteiger partial charge in [-0.05, 0) is 31.2 Å². The molecule has 0 saturated carbocycles. The molecule has 1 heterocycles. The van der Waals surface area contributed by atoms with Crippen molar-refractivity contribution in [3.63, 3.8) is 0 Å². The van der Waals surface area contributed by atoms with Crippen molar-refractivity contribution < 1.29 is 5.11 Å². The summed E-state index contributed by atoms with van der Waals surface area (Å²) in [5, 5.41) is 10.7. The lowest BCUT2D eigenvalue weighted by Crippen LogP contribution is -1.89. The van der Waals surface area contributed by atoms with Gasteiger partial charge in [-0.3, -0.25) is 0 Å². The van der Waals surface area contributed by atoms with Crippen LogP contribution >= 0.6 is 34.8 Å². The van der Waals surface area contributed by atoms with E-state index in [-0.39, 0.29) is 15.8 Å². The number of hydrogen-bond donors (Lipinski definition) is 1. The van der Waals surface area contributed by atoms with Gasteiger partial charge < -0.3 is 5.11 Å². The summed E-state index contributed by atoms with van der Waals surface area (Å²) >= 11 is 17.9. The Balaban J connectivity index is 2.69. The van der Waals surface area contributed by atoms with E-state index in [1.54, 1.807) is 24.3 Å². The minimum absolute atomic E-state index is 0.0517. The van der Waals surface area contributed by atoms with E-state index in [2.05, 4.69) is 4.98 Å². The lowest BCUT2D eigenvalue weighted by molar-refractivity contribution is 0.474. The number of aryl methyl sites for hydroxylation is 1. The van der Waals surface area contributed by atoms with Crippen LogP contribution in [0.25, 0.3) is 11.3 Å². The molecule has 5 heteroatoms. The molecule has 0 fully saturated rings. The first kappa shape index (κ1) is 12.5. The van der Waals surface area contributed by atoms with Crippen LogP contribution in [-0.2, 0) is 0 Å². The van der Waals surface area contributed by atoms with E-state index in [0.717, 1.165) is 5.69 Å². The van der Waals surface area contributed by atoms with E-state index in [9.17, 15) is 5.11 Å². The SMILES string of the molecule is Cc1ccc(O)c(-c2ccc(Cl)c(Cl)c2Cl)n1. The zero-order valence-electron chi connectivity index (χ0n) is 8.84. The number of hydrogen-bond acceptors (Lipinski definition) is 2. The number of halogens is 3. The van der Waals surface area contributed by atoms with Gasteiger partial charge >= 0.3 is 0 Å². The molecule has 0 radical (unpaired) electrons. The van der Waals surface area contributed by atoms with Crippen LogP contribution in [0.4, 0.5) is 0 Å². The third-order valence-electron chi connectivity index (χ3n) is 2.30. The van der Waals surface area contributed by atoms with Gasteiger partial charge in [0.15, 0.2) is 0 Å². The second-order valence-electron chi connectivity index (χ2n) is 3.54. The first-order chi connectivity index (χ1) is 8.00. The molecule has 0 atom stereocenters. The van der Waals surface area contributed by atoms with Gasteiger partial charge in [-0.15, -0.1) is 0 Å². The zero-order valence-corrected chi connectivity index (χ0v) is 11.1. The van der Waals surface area contributed by atoms with Crippen LogP contribution in [0.15, 0.2) is 24.3 Å². The smallest absolute Gasteiger partial charge is 0.141 e. The topological polar surface area (TPSA) is 33.1 Å². The summed E-state index contributed by atoms with van der Waals surface area (Å²) < 4.78 is 0. The Morgan fingerprint density at radius 3 is 2.41 bits per heavy atom.